The fourth-order valence-corrected chi connectivity index (χ4v) is 3.71. The van der Waals surface area contributed by atoms with Crippen molar-refractivity contribution in [3.8, 4) is 11.3 Å². The van der Waals surface area contributed by atoms with E-state index in [9.17, 15) is 9.59 Å². The van der Waals surface area contributed by atoms with E-state index in [2.05, 4.69) is 5.32 Å². The maximum Gasteiger partial charge on any atom is 0.270 e. The van der Waals surface area contributed by atoms with Gasteiger partial charge in [-0.25, -0.2) is 0 Å². The first-order valence-electron chi connectivity index (χ1n) is 9.18. The van der Waals surface area contributed by atoms with Gasteiger partial charge in [0.2, 0.25) is 0 Å². The van der Waals surface area contributed by atoms with Gasteiger partial charge in [0, 0.05) is 10.6 Å². The fraction of sp³-hybridized carbons (Fsp3) is 0.0870. The predicted octanol–water partition coefficient (Wildman–Crippen LogP) is 5.05. The van der Waals surface area contributed by atoms with Gasteiger partial charge in [0.05, 0.1) is 5.69 Å². The van der Waals surface area contributed by atoms with Crippen LogP contribution in [0.2, 0.25) is 5.02 Å². The summed E-state index contributed by atoms with van der Waals surface area (Å²) in [6, 6.07) is 16.3. The number of amides is 2. The highest BCUT2D eigenvalue weighted by Crippen LogP contribution is 2.30. The van der Waals surface area contributed by atoms with Gasteiger partial charge in [-0.15, -0.1) is 0 Å². The van der Waals surface area contributed by atoms with Crippen LogP contribution in [0.15, 0.2) is 64.6 Å². The number of nitrogens with zero attached hydrogens (tertiary/aromatic N) is 1. The number of furan rings is 1. The summed E-state index contributed by atoms with van der Waals surface area (Å²) in [5.74, 6) is -0.0983. The molecule has 1 aromatic heterocycles. The number of benzene rings is 2. The third-order valence-electron chi connectivity index (χ3n) is 4.84. The van der Waals surface area contributed by atoms with E-state index in [0.717, 1.165) is 16.7 Å². The summed E-state index contributed by atoms with van der Waals surface area (Å²) in [5, 5.41) is 3.22. The van der Waals surface area contributed by atoms with Crippen molar-refractivity contribution in [1.29, 1.82) is 0 Å². The summed E-state index contributed by atoms with van der Waals surface area (Å²) in [4.78, 5) is 26.9. The summed E-state index contributed by atoms with van der Waals surface area (Å²) in [7, 11) is 0. The third-order valence-corrected chi connectivity index (χ3v) is 5.36. The predicted molar refractivity (Wildman–Crippen MR) is 121 cm³/mol. The summed E-state index contributed by atoms with van der Waals surface area (Å²) in [6.45, 7) is 3.82. The molecule has 2 heterocycles. The second-order valence-corrected chi connectivity index (χ2v) is 7.73. The molecule has 1 aliphatic heterocycles. The van der Waals surface area contributed by atoms with Gasteiger partial charge in [-0.2, -0.15) is 0 Å². The monoisotopic (exact) mass is 436 g/mol. The van der Waals surface area contributed by atoms with Gasteiger partial charge in [0.1, 0.15) is 17.1 Å². The molecule has 4 rings (SSSR count). The van der Waals surface area contributed by atoms with Crippen LogP contribution >= 0.6 is 23.8 Å². The number of hydrogen-bond donors (Lipinski definition) is 1. The third kappa shape index (κ3) is 3.67. The van der Waals surface area contributed by atoms with E-state index in [-0.39, 0.29) is 10.7 Å². The van der Waals surface area contributed by atoms with Gasteiger partial charge in [-0.05, 0) is 73.6 Å². The molecule has 5 nitrogen and oxygen atoms in total. The number of anilines is 1. The van der Waals surface area contributed by atoms with Crippen LogP contribution in [-0.4, -0.2) is 16.9 Å². The number of para-hydroxylation sites is 1. The van der Waals surface area contributed by atoms with Crippen molar-refractivity contribution < 1.29 is 14.0 Å². The summed E-state index contributed by atoms with van der Waals surface area (Å²) in [5.41, 5.74) is 3.26. The van der Waals surface area contributed by atoms with Crippen LogP contribution in [0.3, 0.4) is 0 Å². The molecule has 2 amide bonds. The van der Waals surface area contributed by atoms with Gasteiger partial charge < -0.3 is 4.42 Å². The van der Waals surface area contributed by atoms with Crippen LogP contribution < -0.4 is 10.2 Å². The number of carbonyl (C=O) groups excluding carboxylic acids is 2. The number of thiocarbonyl (C=S) groups is 1. The first kappa shape index (κ1) is 20.1. The Kier molecular flexibility index (Phi) is 5.28. The average Bonchev–Trinajstić information content (AvgIpc) is 3.17. The van der Waals surface area contributed by atoms with Crippen LogP contribution in [0.5, 0.6) is 0 Å². The zero-order valence-electron chi connectivity index (χ0n) is 16.2. The van der Waals surface area contributed by atoms with Crippen molar-refractivity contribution in [2.75, 3.05) is 4.90 Å². The van der Waals surface area contributed by atoms with Gasteiger partial charge in [0.15, 0.2) is 5.11 Å². The average molecular weight is 437 g/mol. The molecule has 30 heavy (non-hydrogen) atoms. The Morgan fingerprint density at radius 1 is 1.03 bits per heavy atom. The first-order chi connectivity index (χ1) is 14.3. The molecule has 0 atom stereocenters. The zero-order valence-corrected chi connectivity index (χ0v) is 17.8. The fourth-order valence-electron chi connectivity index (χ4n) is 3.27. The molecular formula is C23H17ClN2O3S. The van der Waals surface area contributed by atoms with E-state index in [1.54, 1.807) is 24.3 Å². The van der Waals surface area contributed by atoms with Crippen molar-refractivity contribution in [1.82, 2.24) is 5.32 Å². The Bertz CT molecular complexity index is 1230. The molecule has 0 aliphatic carbocycles. The Labute approximate surface area is 183 Å². The standard InChI is InChI=1S/C23H17ClN2O3S/c1-13-7-8-15(24)11-17(13)20-10-9-16(29-20)12-18-21(27)25-23(30)26(22(18)28)19-6-4-3-5-14(19)2/h3-12H,1-2H3,(H,25,27,30)/b18-12+. The minimum atomic E-state index is -0.563. The molecule has 0 radical (unpaired) electrons. The highest BCUT2D eigenvalue weighted by molar-refractivity contribution is 7.80. The minimum Gasteiger partial charge on any atom is -0.457 e. The van der Waals surface area contributed by atoms with E-state index in [4.69, 9.17) is 28.2 Å². The highest BCUT2D eigenvalue weighted by Gasteiger charge is 2.35. The van der Waals surface area contributed by atoms with Crippen LogP contribution in [0.1, 0.15) is 16.9 Å². The SMILES string of the molecule is Cc1ccc(Cl)cc1-c1ccc(/C=C2\C(=O)NC(=S)N(c3ccccc3C)C2=O)o1. The number of hydrogen-bond acceptors (Lipinski definition) is 4. The van der Waals surface area contributed by atoms with E-state index in [0.29, 0.717) is 22.2 Å². The molecule has 1 saturated heterocycles. The number of nitrogens with one attached hydrogen (secondary N) is 1. The molecule has 7 heteroatoms. The number of halogens is 1. The summed E-state index contributed by atoms with van der Waals surface area (Å²) < 4.78 is 5.88. The lowest BCUT2D eigenvalue weighted by molar-refractivity contribution is -0.122. The largest absolute Gasteiger partial charge is 0.457 e. The van der Waals surface area contributed by atoms with Crippen molar-refractivity contribution in [2.24, 2.45) is 0 Å². The Hall–Kier alpha value is -3.22. The molecule has 150 valence electrons. The van der Waals surface area contributed by atoms with Crippen molar-refractivity contribution >= 4 is 52.5 Å². The van der Waals surface area contributed by atoms with E-state index < -0.39 is 11.8 Å². The van der Waals surface area contributed by atoms with Crippen LogP contribution in [0.4, 0.5) is 5.69 Å². The zero-order chi connectivity index (χ0) is 21.4. The quantitative estimate of drug-likeness (QED) is 0.354. The van der Waals surface area contributed by atoms with E-state index in [1.807, 2.05) is 44.2 Å². The van der Waals surface area contributed by atoms with Crippen molar-refractivity contribution in [3.05, 3.63) is 82.1 Å². The van der Waals surface area contributed by atoms with Crippen molar-refractivity contribution in [2.45, 2.75) is 13.8 Å². The first-order valence-corrected chi connectivity index (χ1v) is 9.97. The molecule has 0 bridgehead atoms. The normalized spacial score (nSPS) is 15.6. The summed E-state index contributed by atoms with van der Waals surface area (Å²) >= 11 is 11.3. The van der Waals surface area contributed by atoms with Crippen LogP contribution in [0.25, 0.3) is 17.4 Å². The Morgan fingerprint density at radius 2 is 1.80 bits per heavy atom. The molecule has 0 saturated carbocycles. The topological polar surface area (TPSA) is 62.6 Å². The minimum absolute atomic E-state index is 0.0473. The molecular weight excluding hydrogens is 420 g/mol. The van der Waals surface area contributed by atoms with Gasteiger partial charge in [-0.1, -0.05) is 35.9 Å². The Morgan fingerprint density at radius 3 is 2.57 bits per heavy atom. The maximum atomic E-state index is 13.1. The second-order valence-electron chi connectivity index (χ2n) is 6.91. The van der Waals surface area contributed by atoms with E-state index >= 15 is 0 Å². The molecule has 1 fully saturated rings. The smallest absolute Gasteiger partial charge is 0.270 e. The van der Waals surface area contributed by atoms with Gasteiger partial charge in [-0.3, -0.25) is 19.8 Å². The Balaban J connectivity index is 1.71. The molecule has 0 unspecified atom stereocenters. The molecule has 0 spiro atoms. The summed E-state index contributed by atoms with van der Waals surface area (Å²) in [6.07, 6.45) is 1.42. The lowest BCUT2D eigenvalue weighted by Gasteiger charge is -2.29. The maximum absolute atomic E-state index is 13.1. The van der Waals surface area contributed by atoms with Crippen molar-refractivity contribution in [3.63, 3.8) is 0 Å². The number of aryl methyl sites for hydroxylation is 2. The lowest BCUT2D eigenvalue weighted by Crippen LogP contribution is -2.54. The highest BCUT2D eigenvalue weighted by atomic mass is 35.5. The number of carbonyl (C=O) groups is 2. The molecule has 1 aliphatic rings. The molecule has 2 aromatic carbocycles. The molecule has 3 aromatic rings. The van der Waals surface area contributed by atoms with Gasteiger partial charge >= 0.3 is 0 Å². The lowest BCUT2D eigenvalue weighted by atomic mass is 10.1. The second kappa shape index (κ2) is 7.89. The van der Waals surface area contributed by atoms with Crippen LogP contribution in [-0.2, 0) is 9.59 Å². The molecule has 1 N–H and O–H groups in total. The van der Waals surface area contributed by atoms with E-state index in [1.165, 1.54) is 11.0 Å². The number of rotatable bonds is 3. The van der Waals surface area contributed by atoms with Crippen LogP contribution in [0, 0.1) is 13.8 Å². The van der Waals surface area contributed by atoms with Gasteiger partial charge in [0.25, 0.3) is 11.8 Å².